The lowest BCUT2D eigenvalue weighted by molar-refractivity contribution is -0.117. The number of ether oxygens (including phenoxy) is 1. The van der Waals surface area contributed by atoms with Crippen LogP contribution in [0.5, 0.6) is 0 Å². The van der Waals surface area contributed by atoms with E-state index in [0.717, 1.165) is 18.9 Å². The molecule has 2 N–H and O–H groups in total. The molecule has 1 aliphatic carbocycles. The maximum absolute atomic E-state index is 11.0. The van der Waals surface area contributed by atoms with Crippen LogP contribution in [0, 0.1) is 5.92 Å². The van der Waals surface area contributed by atoms with Crippen molar-refractivity contribution in [3.8, 4) is 0 Å². The molecular weight excluding hydrogens is 232 g/mol. The van der Waals surface area contributed by atoms with Crippen LogP contribution in [0.3, 0.4) is 0 Å². The molecule has 0 heterocycles. The molecule has 0 saturated heterocycles. The number of imide groups is 1. The van der Waals surface area contributed by atoms with E-state index in [1.54, 1.807) is 0 Å². The molecule has 0 unspecified atom stereocenters. The molecule has 1 aliphatic rings. The first-order valence-corrected chi connectivity index (χ1v) is 5.97. The Morgan fingerprint density at radius 3 is 2.75 bits per heavy atom. The minimum Gasteiger partial charge on any atom is -0.381 e. The summed E-state index contributed by atoms with van der Waals surface area (Å²) in [5.41, 5.74) is 0. The van der Waals surface area contributed by atoms with Gasteiger partial charge >= 0.3 is 6.03 Å². The zero-order valence-corrected chi connectivity index (χ0v) is 9.89. The maximum Gasteiger partial charge on any atom is 0.321 e. The summed E-state index contributed by atoms with van der Waals surface area (Å²) in [6.45, 7) is 1.96. The number of amides is 3. The Kier molecular flexibility index (Phi) is 6.18. The highest BCUT2D eigenvalue weighted by molar-refractivity contribution is 6.28. The third-order valence-corrected chi connectivity index (χ3v) is 2.42. The quantitative estimate of drug-likeness (QED) is 0.519. The monoisotopic (exact) mass is 248 g/mol. The Bertz CT molecular complexity index is 244. The van der Waals surface area contributed by atoms with Gasteiger partial charge in [0.15, 0.2) is 0 Å². The number of carbonyl (C=O) groups excluding carboxylic acids is 2. The van der Waals surface area contributed by atoms with Crippen LogP contribution in [0.25, 0.3) is 0 Å². The molecule has 1 rings (SSSR count). The summed E-state index contributed by atoms with van der Waals surface area (Å²) in [6, 6.07) is -0.507. The number of hydrogen-bond donors (Lipinski definition) is 2. The molecule has 1 saturated carbocycles. The molecule has 0 bridgehead atoms. The Morgan fingerprint density at radius 1 is 1.38 bits per heavy atom. The highest BCUT2D eigenvalue weighted by Gasteiger charge is 2.20. The van der Waals surface area contributed by atoms with Crippen LogP contribution >= 0.6 is 11.6 Å². The van der Waals surface area contributed by atoms with Crippen molar-refractivity contribution in [3.05, 3.63) is 0 Å². The zero-order chi connectivity index (χ0) is 11.8. The van der Waals surface area contributed by atoms with Gasteiger partial charge in [-0.3, -0.25) is 10.1 Å². The topological polar surface area (TPSA) is 67.4 Å². The molecule has 0 aromatic carbocycles. The van der Waals surface area contributed by atoms with Crippen LogP contribution in [0.1, 0.15) is 19.3 Å². The van der Waals surface area contributed by atoms with Gasteiger partial charge in [-0.15, -0.1) is 11.6 Å². The van der Waals surface area contributed by atoms with Crippen LogP contribution in [0.15, 0.2) is 0 Å². The van der Waals surface area contributed by atoms with Gasteiger partial charge in [-0.05, 0) is 25.2 Å². The molecule has 5 nitrogen and oxygen atoms in total. The van der Waals surface area contributed by atoms with E-state index in [2.05, 4.69) is 10.6 Å². The fraction of sp³-hybridized carbons (Fsp3) is 0.800. The van der Waals surface area contributed by atoms with Crippen LogP contribution in [0.2, 0.25) is 0 Å². The first kappa shape index (κ1) is 13.3. The maximum atomic E-state index is 11.0. The van der Waals surface area contributed by atoms with Crippen LogP contribution in [-0.2, 0) is 9.53 Å². The van der Waals surface area contributed by atoms with Gasteiger partial charge in [-0.2, -0.15) is 0 Å². The van der Waals surface area contributed by atoms with E-state index in [0.29, 0.717) is 13.2 Å². The third kappa shape index (κ3) is 6.63. The number of carbonyl (C=O) groups is 2. The van der Waals surface area contributed by atoms with E-state index in [1.807, 2.05) is 0 Å². The second kappa shape index (κ2) is 7.46. The van der Waals surface area contributed by atoms with Crippen molar-refractivity contribution >= 4 is 23.5 Å². The molecule has 1 fully saturated rings. The molecule has 0 aromatic rings. The largest absolute Gasteiger partial charge is 0.381 e. The average Bonchev–Trinajstić information content (AvgIpc) is 3.06. The van der Waals surface area contributed by atoms with E-state index in [4.69, 9.17) is 16.3 Å². The second-order valence-electron chi connectivity index (χ2n) is 3.81. The van der Waals surface area contributed by atoms with Gasteiger partial charge < -0.3 is 10.1 Å². The molecule has 0 aromatic heterocycles. The molecule has 6 heteroatoms. The van der Waals surface area contributed by atoms with Crippen molar-refractivity contribution in [2.75, 3.05) is 25.6 Å². The first-order valence-electron chi connectivity index (χ1n) is 5.43. The number of rotatable bonds is 7. The molecule has 0 radical (unpaired) electrons. The van der Waals surface area contributed by atoms with Crippen molar-refractivity contribution in [1.82, 2.24) is 10.6 Å². The number of urea groups is 1. The summed E-state index contributed by atoms with van der Waals surface area (Å²) in [5, 5.41) is 4.63. The van der Waals surface area contributed by atoms with Gasteiger partial charge in [0.25, 0.3) is 0 Å². The number of halogens is 1. The van der Waals surface area contributed by atoms with E-state index in [1.165, 1.54) is 12.8 Å². The lowest BCUT2D eigenvalue weighted by Crippen LogP contribution is -2.40. The molecule has 0 atom stereocenters. The van der Waals surface area contributed by atoms with Gasteiger partial charge in [0.05, 0.1) is 0 Å². The fourth-order valence-electron chi connectivity index (χ4n) is 1.11. The van der Waals surface area contributed by atoms with E-state index in [9.17, 15) is 9.59 Å². The third-order valence-electron chi connectivity index (χ3n) is 2.18. The molecule has 0 aliphatic heterocycles. The van der Waals surface area contributed by atoms with Crippen LogP contribution < -0.4 is 10.6 Å². The first-order chi connectivity index (χ1) is 7.72. The minimum atomic E-state index is -0.507. The van der Waals surface area contributed by atoms with Crippen LogP contribution in [0.4, 0.5) is 4.79 Å². The van der Waals surface area contributed by atoms with Gasteiger partial charge in [0.1, 0.15) is 5.88 Å². The van der Waals surface area contributed by atoms with E-state index < -0.39 is 11.9 Å². The number of hydrogen-bond acceptors (Lipinski definition) is 3. The lowest BCUT2D eigenvalue weighted by Gasteiger charge is -2.06. The van der Waals surface area contributed by atoms with Gasteiger partial charge in [0, 0.05) is 19.8 Å². The summed E-state index contributed by atoms with van der Waals surface area (Å²) in [5.74, 6) is 0.0551. The second-order valence-corrected chi connectivity index (χ2v) is 4.08. The van der Waals surface area contributed by atoms with Gasteiger partial charge in [-0.1, -0.05) is 0 Å². The highest BCUT2D eigenvalue weighted by atomic mass is 35.5. The molecule has 0 spiro atoms. The Balaban J connectivity index is 1.85. The molecule has 92 valence electrons. The summed E-state index contributed by atoms with van der Waals surface area (Å²) in [6.07, 6.45) is 3.30. The fourth-order valence-corrected chi connectivity index (χ4v) is 1.18. The SMILES string of the molecule is O=C(CCl)NC(=O)NCCCOCC1CC1. The average molecular weight is 249 g/mol. The van der Waals surface area contributed by atoms with Gasteiger partial charge in [0.2, 0.25) is 5.91 Å². The summed E-state index contributed by atoms with van der Waals surface area (Å²) >= 11 is 5.22. The number of alkyl halides is 1. The summed E-state index contributed by atoms with van der Waals surface area (Å²) in [4.78, 5) is 21.7. The zero-order valence-electron chi connectivity index (χ0n) is 9.13. The normalized spacial score (nSPS) is 14.6. The molecular formula is C10H17ClN2O3. The summed E-state index contributed by atoms with van der Waals surface area (Å²) < 4.78 is 5.38. The van der Waals surface area contributed by atoms with Gasteiger partial charge in [-0.25, -0.2) is 4.79 Å². The minimum absolute atomic E-state index is 0.210. The predicted molar refractivity (Wildman–Crippen MR) is 60.4 cm³/mol. The van der Waals surface area contributed by atoms with E-state index >= 15 is 0 Å². The van der Waals surface area contributed by atoms with Crippen LogP contribution in [-0.4, -0.2) is 37.6 Å². The Labute approximate surface area is 99.9 Å². The standard InChI is InChI=1S/C10H17ClN2O3/c11-6-9(14)13-10(15)12-4-1-5-16-7-8-2-3-8/h8H,1-7H2,(H2,12,13,14,15). The Morgan fingerprint density at radius 2 is 2.12 bits per heavy atom. The highest BCUT2D eigenvalue weighted by Crippen LogP contribution is 2.28. The number of nitrogens with one attached hydrogen (secondary N) is 2. The van der Waals surface area contributed by atoms with Crippen molar-refractivity contribution in [2.24, 2.45) is 5.92 Å². The van der Waals surface area contributed by atoms with E-state index in [-0.39, 0.29) is 5.88 Å². The molecule has 3 amide bonds. The summed E-state index contributed by atoms with van der Waals surface area (Å²) in [7, 11) is 0. The molecule has 16 heavy (non-hydrogen) atoms. The van der Waals surface area contributed by atoms with Crippen molar-refractivity contribution in [1.29, 1.82) is 0 Å². The Hall–Kier alpha value is -0.810. The predicted octanol–water partition coefficient (Wildman–Crippen LogP) is 0.868. The lowest BCUT2D eigenvalue weighted by atomic mass is 10.4. The van der Waals surface area contributed by atoms with Crippen molar-refractivity contribution < 1.29 is 14.3 Å². The smallest absolute Gasteiger partial charge is 0.321 e. The van der Waals surface area contributed by atoms with Crippen molar-refractivity contribution in [2.45, 2.75) is 19.3 Å². The van der Waals surface area contributed by atoms with Crippen molar-refractivity contribution in [3.63, 3.8) is 0 Å².